The maximum atomic E-state index is 14.4. The van der Waals surface area contributed by atoms with Gasteiger partial charge in [0.15, 0.2) is 0 Å². The zero-order valence-corrected chi connectivity index (χ0v) is 29.8. The third-order valence-electron chi connectivity index (χ3n) is 7.74. The minimum Gasteiger partial charge on any atom is -0.378 e. The van der Waals surface area contributed by atoms with Crippen LogP contribution in [0.1, 0.15) is 61.1 Å². The summed E-state index contributed by atoms with van der Waals surface area (Å²) in [4.78, 5) is 18.2. The number of halogens is 7. The van der Waals surface area contributed by atoms with Crippen molar-refractivity contribution in [2.24, 2.45) is 7.05 Å². The van der Waals surface area contributed by atoms with E-state index < -0.39 is 75.0 Å². The summed E-state index contributed by atoms with van der Waals surface area (Å²) in [6.45, 7) is 1.87. The molecule has 0 saturated carbocycles. The number of aryl methyl sites for hydroxylation is 1. The summed E-state index contributed by atoms with van der Waals surface area (Å²) < 4.78 is 113. The topological polar surface area (TPSA) is 144 Å². The van der Waals surface area contributed by atoms with Gasteiger partial charge in [0.1, 0.15) is 40.9 Å². The molecule has 0 aliphatic heterocycles. The third-order valence-corrected chi connectivity index (χ3v) is 9.39. The van der Waals surface area contributed by atoms with E-state index in [4.69, 9.17) is 11.6 Å². The molecule has 0 spiro atoms. The molecule has 5 rings (SSSR count). The number of carbonyl (C=O) groups is 1. The Balaban J connectivity index is 1.74. The highest BCUT2D eigenvalue weighted by Gasteiger charge is 2.29. The van der Waals surface area contributed by atoms with Gasteiger partial charge in [-0.1, -0.05) is 23.6 Å². The number of fused-ring (bicyclic) bond motifs is 1. The fourth-order valence-electron chi connectivity index (χ4n) is 5.52. The molecule has 11 nitrogen and oxygen atoms in total. The average Bonchev–Trinajstić information content (AvgIpc) is 3.65. The summed E-state index contributed by atoms with van der Waals surface area (Å²) in [6, 6.07) is 7.65. The second-order valence-corrected chi connectivity index (χ2v) is 14.5. The lowest BCUT2D eigenvalue weighted by Crippen LogP contribution is -2.34. The monoisotopic (exact) mass is 781 g/mol. The van der Waals surface area contributed by atoms with Crippen LogP contribution in [0, 0.1) is 23.5 Å². The summed E-state index contributed by atoms with van der Waals surface area (Å²) in [6.07, 6.45) is -6.84. The van der Waals surface area contributed by atoms with Crippen LogP contribution >= 0.6 is 11.6 Å². The van der Waals surface area contributed by atoms with Crippen molar-refractivity contribution in [3.8, 4) is 23.0 Å². The number of carbonyl (C=O) groups excluding carboxylic acids is 1. The summed E-state index contributed by atoms with van der Waals surface area (Å²) >= 11 is 6.51. The molecular formula is C34H30ClF6N7O4S. The molecule has 280 valence electrons. The summed E-state index contributed by atoms with van der Waals surface area (Å²) in [5.41, 5.74) is -2.66. The van der Waals surface area contributed by atoms with Gasteiger partial charge in [-0.15, -0.1) is 0 Å². The number of sulfonamides is 1. The SMILES string of the molecule is CNS(=O)(=O)c1nn(C)c2c(-c3ccc(C#CC(C)(C)O)nc3[C@H](Cc3cc(F)cc(F)c3)NC(=O)Cn3nc(C(F)F)cc3C(F)F)ccc(Cl)c12. The average molecular weight is 782 g/mol. The number of hydrogen-bond acceptors (Lipinski definition) is 7. The number of aliphatic hydroxyl groups is 1. The fraction of sp³-hybridized carbons (Fsp3) is 0.294. The second-order valence-electron chi connectivity index (χ2n) is 12.2. The first-order valence-corrected chi connectivity index (χ1v) is 17.4. The highest BCUT2D eigenvalue weighted by molar-refractivity contribution is 7.89. The fourth-order valence-corrected chi connectivity index (χ4v) is 6.71. The van der Waals surface area contributed by atoms with Crippen molar-refractivity contribution in [3.05, 3.63) is 93.5 Å². The molecule has 0 bridgehead atoms. The standard InChI is InChI=1S/C34H30ClF6N7O4S/c1-34(2,50)10-9-20-5-6-21(22-7-8-23(35)28-30(22)47(4)46-33(28)53(51,52)42-3)29(43-20)24(13-17-11-18(36)14-19(37)12-17)44-27(49)16-48-26(32(40)41)15-25(45-48)31(38)39/h5-8,11-12,14-15,24,31-32,42,50H,13,16H2,1-4H3,(H,44,49)/t24-/m0/s1. The van der Waals surface area contributed by atoms with E-state index in [1.807, 2.05) is 0 Å². The molecule has 1 atom stereocenters. The van der Waals surface area contributed by atoms with Crippen molar-refractivity contribution < 1.29 is 44.7 Å². The number of hydrogen-bond donors (Lipinski definition) is 3. The molecule has 0 fully saturated rings. The van der Waals surface area contributed by atoms with Gasteiger partial charge in [0.25, 0.3) is 22.9 Å². The molecule has 0 unspecified atom stereocenters. The molecule has 3 aromatic heterocycles. The molecule has 0 aliphatic rings. The Kier molecular flexibility index (Phi) is 11.2. The van der Waals surface area contributed by atoms with E-state index in [1.54, 1.807) is 0 Å². The minimum atomic E-state index is -4.15. The van der Waals surface area contributed by atoms with Gasteiger partial charge in [-0.25, -0.2) is 44.5 Å². The Bertz CT molecular complexity index is 2360. The van der Waals surface area contributed by atoms with E-state index in [0.717, 1.165) is 12.1 Å². The lowest BCUT2D eigenvalue weighted by Gasteiger charge is -2.23. The predicted octanol–water partition coefficient (Wildman–Crippen LogP) is 5.77. The van der Waals surface area contributed by atoms with Gasteiger partial charge in [0, 0.05) is 24.2 Å². The van der Waals surface area contributed by atoms with Crippen LogP contribution in [0.15, 0.2) is 53.6 Å². The Morgan fingerprint density at radius 2 is 1.66 bits per heavy atom. The van der Waals surface area contributed by atoms with Gasteiger partial charge in [-0.2, -0.15) is 10.2 Å². The van der Waals surface area contributed by atoms with Gasteiger partial charge in [0.05, 0.1) is 27.7 Å². The van der Waals surface area contributed by atoms with Gasteiger partial charge in [-0.05, 0) is 75.2 Å². The number of alkyl halides is 4. The lowest BCUT2D eigenvalue weighted by atomic mass is 9.93. The van der Waals surface area contributed by atoms with Gasteiger partial charge in [0.2, 0.25) is 10.9 Å². The maximum Gasteiger partial charge on any atom is 0.282 e. The van der Waals surface area contributed by atoms with E-state index in [1.165, 1.54) is 56.9 Å². The normalized spacial score (nSPS) is 12.7. The first-order valence-electron chi connectivity index (χ1n) is 15.5. The quantitative estimate of drug-likeness (QED) is 0.114. The van der Waals surface area contributed by atoms with Crippen LogP contribution in [-0.2, 0) is 34.8 Å². The first-order chi connectivity index (χ1) is 24.8. The van der Waals surface area contributed by atoms with Crippen molar-refractivity contribution in [2.45, 2.75) is 56.3 Å². The van der Waals surface area contributed by atoms with E-state index in [2.05, 4.69) is 37.1 Å². The first kappa shape index (κ1) is 39.3. The van der Waals surface area contributed by atoms with Crippen LogP contribution in [-0.4, -0.2) is 56.6 Å². The molecule has 3 N–H and O–H groups in total. The molecule has 0 aliphatic carbocycles. The summed E-state index contributed by atoms with van der Waals surface area (Å²) in [5, 5.41) is 20.1. The minimum absolute atomic E-state index is 0.0174. The van der Waals surface area contributed by atoms with Gasteiger partial charge >= 0.3 is 0 Å². The van der Waals surface area contributed by atoms with Crippen LogP contribution in [0.2, 0.25) is 5.02 Å². The predicted molar refractivity (Wildman–Crippen MR) is 181 cm³/mol. The Morgan fingerprint density at radius 3 is 2.26 bits per heavy atom. The van der Waals surface area contributed by atoms with Crippen LogP contribution in [0.3, 0.4) is 0 Å². The smallest absolute Gasteiger partial charge is 0.282 e. The van der Waals surface area contributed by atoms with Crippen LogP contribution < -0.4 is 10.0 Å². The largest absolute Gasteiger partial charge is 0.378 e. The van der Waals surface area contributed by atoms with Gasteiger partial charge < -0.3 is 10.4 Å². The maximum absolute atomic E-state index is 14.4. The zero-order chi connectivity index (χ0) is 39.0. The molecule has 0 radical (unpaired) electrons. The van der Waals surface area contributed by atoms with Crippen LogP contribution in [0.25, 0.3) is 22.0 Å². The molecule has 3 heterocycles. The lowest BCUT2D eigenvalue weighted by molar-refractivity contribution is -0.122. The van der Waals surface area contributed by atoms with E-state index in [-0.39, 0.29) is 50.4 Å². The highest BCUT2D eigenvalue weighted by atomic mass is 35.5. The highest BCUT2D eigenvalue weighted by Crippen LogP contribution is 2.39. The molecule has 0 saturated heterocycles. The van der Waals surface area contributed by atoms with Gasteiger partial charge in [-0.3, -0.25) is 14.2 Å². The number of nitrogens with one attached hydrogen (secondary N) is 2. The second kappa shape index (κ2) is 15.2. The van der Waals surface area contributed by atoms with Crippen molar-refractivity contribution >= 4 is 38.4 Å². The van der Waals surface area contributed by atoms with Crippen molar-refractivity contribution in [1.82, 2.24) is 34.6 Å². The number of pyridine rings is 1. The van der Waals surface area contributed by atoms with Crippen LogP contribution in [0.4, 0.5) is 26.3 Å². The summed E-state index contributed by atoms with van der Waals surface area (Å²) in [5.74, 6) is 2.40. The van der Waals surface area contributed by atoms with Crippen molar-refractivity contribution in [3.63, 3.8) is 0 Å². The number of amides is 1. The Morgan fingerprint density at radius 1 is 1.00 bits per heavy atom. The van der Waals surface area contributed by atoms with E-state index in [9.17, 15) is 44.7 Å². The molecule has 2 aromatic carbocycles. The van der Waals surface area contributed by atoms with Crippen LogP contribution in [0.5, 0.6) is 0 Å². The van der Waals surface area contributed by atoms with E-state index >= 15 is 0 Å². The van der Waals surface area contributed by atoms with Crippen molar-refractivity contribution in [1.29, 1.82) is 0 Å². The number of benzene rings is 2. The number of nitrogens with zero attached hydrogens (tertiary/aromatic N) is 5. The number of aromatic nitrogens is 5. The molecule has 19 heteroatoms. The van der Waals surface area contributed by atoms with E-state index in [0.29, 0.717) is 16.8 Å². The van der Waals surface area contributed by atoms with Crippen molar-refractivity contribution in [2.75, 3.05) is 7.05 Å². The Labute approximate surface area is 304 Å². The Hall–Kier alpha value is -4.96. The number of rotatable bonds is 11. The molecule has 1 amide bonds. The molecule has 53 heavy (non-hydrogen) atoms. The molecular weight excluding hydrogens is 752 g/mol. The summed E-state index contributed by atoms with van der Waals surface area (Å²) in [7, 11) is -1.50. The zero-order valence-electron chi connectivity index (χ0n) is 28.2. The third kappa shape index (κ3) is 8.82. The molecule has 5 aromatic rings.